The van der Waals surface area contributed by atoms with Crippen molar-refractivity contribution in [2.24, 2.45) is 0 Å². The van der Waals surface area contributed by atoms with Crippen LogP contribution in [0.25, 0.3) is 11.3 Å². The van der Waals surface area contributed by atoms with Gasteiger partial charge in [-0.15, -0.1) is 0 Å². The largest absolute Gasteiger partial charge is 0.223 e. The number of aryl methyl sites for hydroxylation is 1. The highest BCUT2D eigenvalue weighted by atomic mass is 35.5. The van der Waals surface area contributed by atoms with Crippen LogP contribution in [0.1, 0.15) is 5.69 Å². The third-order valence-corrected chi connectivity index (χ3v) is 2.75. The number of hydrogen-bond donors (Lipinski definition) is 0. The summed E-state index contributed by atoms with van der Waals surface area (Å²) in [4.78, 5) is 8.11. The summed E-state index contributed by atoms with van der Waals surface area (Å²) < 4.78 is 0. The van der Waals surface area contributed by atoms with Gasteiger partial charge in [0.25, 0.3) is 0 Å². The molecule has 0 spiro atoms. The molecule has 2 aromatic rings. The van der Waals surface area contributed by atoms with E-state index in [0.717, 1.165) is 11.3 Å². The molecule has 82 valence electrons. The molecule has 2 rings (SSSR count). The second kappa shape index (κ2) is 4.58. The highest BCUT2D eigenvalue weighted by Crippen LogP contribution is 2.29. The molecule has 0 saturated carbocycles. The zero-order chi connectivity index (χ0) is 11.7. The Balaban J connectivity index is 2.58. The Morgan fingerprint density at radius 2 is 1.75 bits per heavy atom. The van der Waals surface area contributed by atoms with E-state index in [1.165, 1.54) is 0 Å². The van der Waals surface area contributed by atoms with Crippen LogP contribution in [0.2, 0.25) is 15.3 Å². The highest BCUT2D eigenvalue weighted by Gasteiger charge is 2.07. The van der Waals surface area contributed by atoms with Crippen molar-refractivity contribution in [1.82, 2.24) is 9.97 Å². The third-order valence-electron chi connectivity index (χ3n) is 2.03. The first-order valence-corrected chi connectivity index (χ1v) is 5.66. The molecule has 1 aromatic heterocycles. The standard InChI is InChI=1S/C11H7Cl3N2/c1-6-4-10(16-11(14)15-6)8-3-2-7(12)5-9(8)13/h2-5H,1H3. The second-order valence-corrected chi connectivity index (χ2v) is 4.47. The van der Waals surface area contributed by atoms with E-state index in [9.17, 15) is 0 Å². The number of benzene rings is 1. The van der Waals surface area contributed by atoms with Crippen LogP contribution in [0.4, 0.5) is 0 Å². The van der Waals surface area contributed by atoms with E-state index >= 15 is 0 Å². The van der Waals surface area contributed by atoms with E-state index in [2.05, 4.69) is 9.97 Å². The fourth-order valence-electron chi connectivity index (χ4n) is 1.37. The average molecular weight is 274 g/mol. The molecule has 0 radical (unpaired) electrons. The number of halogens is 3. The summed E-state index contributed by atoms with van der Waals surface area (Å²) in [5.41, 5.74) is 2.28. The number of rotatable bonds is 1. The van der Waals surface area contributed by atoms with E-state index in [1.807, 2.05) is 19.1 Å². The first-order chi connectivity index (χ1) is 7.56. The molecule has 0 aliphatic carbocycles. The van der Waals surface area contributed by atoms with Crippen LogP contribution in [-0.2, 0) is 0 Å². The Morgan fingerprint density at radius 1 is 1.00 bits per heavy atom. The van der Waals surface area contributed by atoms with Gasteiger partial charge in [0.2, 0.25) is 5.28 Å². The van der Waals surface area contributed by atoms with E-state index < -0.39 is 0 Å². The summed E-state index contributed by atoms with van der Waals surface area (Å²) in [5.74, 6) is 0. The molecule has 0 aliphatic rings. The molecule has 5 heteroatoms. The lowest BCUT2D eigenvalue weighted by atomic mass is 10.1. The highest BCUT2D eigenvalue weighted by molar-refractivity contribution is 6.36. The first kappa shape index (κ1) is 11.6. The maximum Gasteiger partial charge on any atom is 0.223 e. The summed E-state index contributed by atoms with van der Waals surface area (Å²) in [6.07, 6.45) is 0. The van der Waals surface area contributed by atoms with Crippen LogP contribution in [0.15, 0.2) is 24.3 Å². The number of nitrogens with zero attached hydrogens (tertiary/aromatic N) is 2. The molecule has 0 amide bonds. The van der Waals surface area contributed by atoms with Crippen LogP contribution in [-0.4, -0.2) is 9.97 Å². The van der Waals surface area contributed by atoms with Gasteiger partial charge in [-0.2, -0.15) is 0 Å². The van der Waals surface area contributed by atoms with Crippen LogP contribution in [0.3, 0.4) is 0 Å². The van der Waals surface area contributed by atoms with Gasteiger partial charge in [-0.05, 0) is 42.8 Å². The molecular weight excluding hydrogens is 266 g/mol. The zero-order valence-electron chi connectivity index (χ0n) is 8.34. The monoisotopic (exact) mass is 272 g/mol. The predicted octanol–water partition coefficient (Wildman–Crippen LogP) is 4.41. The summed E-state index contributed by atoms with van der Waals surface area (Å²) in [7, 11) is 0. The van der Waals surface area contributed by atoms with E-state index in [1.54, 1.807) is 12.1 Å². The topological polar surface area (TPSA) is 25.8 Å². The van der Waals surface area contributed by atoms with Gasteiger partial charge >= 0.3 is 0 Å². The molecule has 0 atom stereocenters. The Labute approximate surface area is 108 Å². The lowest BCUT2D eigenvalue weighted by molar-refractivity contribution is 1.11. The molecule has 2 nitrogen and oxygen atoms in total. The molecule has 1 heterocycles. The molecule has 0 unspecified atom stereocenters. The minimum Gasteiger partial charge on any atom is -0.223 e. The van der Waals surface area contributed by atoms with Gasteiger partial charge in [0.1, 0.15) is 0 Å². The van der Waals surface area contributed by atoms with Crippen molar-refractivity contribution < 1.29 is 0 Å². The minimum atomic E-state index is 0.209. The molecule has 0 saturated heterocycles. The van der Waals surface area contributed by atoms with Crippen LogP contribution < -0.4 is 0 Å². The van der Waals surface area contributed by atoms with Crippen molar-refractivity contribution >= 4 is 34.8 Å². The molecule has 0 N–H and O–H groups in total. The van der Waals surface area contributed by atoms with Gasteiger partial charge in [0.15, 0.2) is 0 Å². The predicted molar refractivity (Wildman–Crippen MR) is 67.2 cm³/mol. The Bertz CT molecular complexity index is 520. The molecule has 0 fully saturated rings. The molecule has 0 aliphatic heterocycles. The maximum atomic E-state index is 6.08. The molecule has 16 heavy (non-hydrogen) atoms. The van der Waals surface area contributed by atoms with Crippen molar-refractivity contribution in [3.05, 3.63) is 45.3 Å². The Morgan fingerprint density at radius 3 is 2.38 bits per heavy atom. The summed E-state index contributed by atoms with van der Waals surface area (Å²) in [6.45, 7) is 1.85. The van der Waals surface area contributed by atoms with Crippen molar-refractivity contribution in [2.45, 2.75) is 6.92 Å². The fourth-order valence-corrected chi connectivity index (χ4v) is 2.10. The molecule has 0 bridgehead atoms. The van der Waals surface area contributed by atoms with Crippen LogP contribution in [0, 0.1) is 6.92 Å². The van der Waals surface area contributed by atoms with E-state index in [0.29, 0.717) is 15.7 Å². The Kier molecular flexibility index (Phi) is 3.33. The van der Waals surface area contributed by atoms with Crippen molar-refractivity contribution in [2.75, 3.05) is 0 Å². The number of hydrogen-bond acceptors (Lipinski definition) is 2. The van der Waals surface area contributed by atoms with Gasteiger partial charge in [0.05, 0.1) is 10.7 Å². The summed E-state index contributed by atoms with van der Waals surface area (Å²) >= 11 is 17.7. The minimum absolute atomic E-state index is 0.209. The molecular formula is C11H7Cl3N2. The second-order valence-electron chi connectivity index (χ2n) is 3.29. The van der Waals surface area contributed by atoms with E-state index in [4.69, 9.17) is 34.8 Å². The van der Waals surface area contributed by atoms with Crippen LogP contribution in [0.5, 0.6) is 0 Å². The lowest BCUT2D eigenvalue weighted by Crippen LogP contribution is -1.91. The van der Waals surface area contributed by atoms with Crippen molar-refractivity contribution in [1.29, 1.82) is 0 Å². The lowest BCUT2D eigenvalue weighted by Gasteiger charge is -2.05. The fraction of sp³-hybridized carbons (Fsp3) is 0.0909. The normalized spacial score (nSPS) is 10.5. The third kappa shape index (κ3) is 2.46. The van der Waals surface area contributed by atoms with Gasteiger partial charge in [-0.3, -0.25) is 0 Å². The van der Waals surface area contributed by atoms with Gasteiger partial charge in [-0.1, -0.05) is 23.2 Å². The maximum absolute atomic E-state index is 6.08. The van der Waals surface area contributed by atoms with Gasteiger partial charge < -0.3 is 0 Å². The zero-order valence-corrected chi connectivity index (χ0v) is 10.6. The SMILES string of the molecule is Cc1cc(-c2ccc(Cl)cc2Cl)nc(Cl)n1. The van der Waals surface area contributed by atoms with Crippen molar-refractivity contribution in [3.63, 3.8) is 0 Å². The van der Waals surface area contributed by atoms with Gasteiger partial charge in [-0.25, -0.2) is 9.97 Å². The van der Waals surface area contributed by atoms with Crippen LogP contribution >= 0.6 is 34.8 Å². The smallest absolute Gasteiger partial charge is 0.223 e. The summed E-state index contributed by atoms with van der Waals surface area (Å²) in [5, 5.41) is 1.34. The van der Waals surface area contributed by atoms with Crippen molar-refractivity contribution in [3.8, 4) is 11.3 Å². The quantitative estimate of drug-likeness (QED) is 0.719. The molecule has 1 aromatic carbocycles. The summed E-state index contributed by atoms with van der Waals surface area (Å²) in [6, 6.07) is 7.06. The first-order valence-electron chi connectivity index (χ1n) is 4.53. The van der Waals surface area contributed by atoms with Gasteiger partial charge in [0, 0.05) is 16.3 Å². The van der Waals surface area contributed by atoms with E-state index in [-0.39, 0.29) is 5.28 Å². The Hall–Kier alpha value is -0.830. The number of aromatic nitrogens is 2. The average Bonchev–Trinajstić information content (AvgIpc) is 2.15.